The number of nitrogens with two attached hydrogens (primary N) is 1. The van der Waals surface area contributed by atoms with Crippen molar-refractivity contribution >= 4 is 5.91 Å². The second-order valence-corrected chi connectivity index (χ2v) is 3.40. The molecule has 0 unspecified atom stereocenters. The number of nitrogens with one attached hydrogen (secondary N) is 1. The van der Waals surface area contributed by atoms with Crippen molar-refractivity contribution < 1.29 is 4.79 Å². The van der Waals surface area contributed by atoms with Gasteiger partial charge in [0.05, 0.1) is 5.69 Å². The summed E-state index contributed by atoms with van der Waals surface area (Å²) < 4.78 is 1.65. The number of aryl methyl sites for hydroxylation is 1. The van der Waals surface area contributed by atoms with Crippen LogP contribution in [0.25, 0.3) is 0 Å². The third-order valence-corrected chi connectivity index (χ3v) is 2.05. The SMILES string of the molecule is CCn1nc(C(C)C)cc1C(=O)NN. The minimum atomic E-state index is -0.300. The molecule has 1 amide bonds. The maximum Gasteiger partial charge on any atom is 0.283 e. The van der Waals surface area contributed by atoms with Crippen molar-refractivity contribution in [1.29, 1.82) is 0 Å². The summed E-state index contributed by atoms with van der Waals surface area (Å²) in [6.07, 6.45) is 0. The van der Waals surface area contributed by atoms with Crippen LogP contribution < -0.4 is 11.3 Å². The molecule has 5 nitrogen and oxygen atoms in total. The van der Waals surface area contributed by atoms with Crippen LogP contribution in [0, 0.1) is 0 Å². The van der Waals surface area contributed by atoms with Crippen molar-refractivity contribution in [3.8, 4) is 0 Å². The van der Waals surface area contributed by atoms with E-state index in [4.69, 9.17) is 5.84 Å². The minimum absolute atomic E-state index is 0.300. The fourth-order valence-electron chi connectivity index (χ4n) is 1.22. The van der Waals surface area contributed by atoms with E-state index in [1.807, 2.05) is 20.8 Å². The van der Waals surface area contributed by atoms with E-state index >= 15 is 0 Å². The van der Waals surface area contributed by atoms with Gasteiger partial charge in [0.1, 0.15) is 5.69 Å². The zero-order chi connectivity index (χ0) is 10.7. The van der Waals surface area contributed by atoms with Crippen LogP contribution in [0.5, 0.6) is 0 Å². The predicted molar refractivity (Wildman–Crippen MR) is 53.6 cm³/mol. The lowest BCUT2D eigenvalue weighted by Gasteiger charge is -2.01. The Labute approximate surface area is 83.2 Å². The van der Waals surface area contributed by atoms with Crippen LogP contribution in [-0.2, 0) is 6.54 Å². The fourth-order valence-corrected chi connectivity index (χ4v) is 1.22. The predicted octanol–water partition coefficient (Wildman–Crippen LogP) is 0.630. The first-order chi connectivity index (χ1) is 6.60. The minimum Gasteiger partial charge on any atom is -0.289 e. The summed E-state index contributed by atoms with van der Waals surface area (Å²) in [5, 5.41) is 4.30. The zero-order valence-electron chi connectivity index (χ0n) is 8.74. The fraction of sp³-hybridized carbons (Fsp3) is 0.556. The summed E-state index contributed by atoms with van der Waals surface area (Å²) >= 11 is 0. The lowest BCUT2D eigenvalue weighted by atomic mass is 10.1. The number of amides is 1. The van der Waals surface area contributed by atoms with E-state index in [0.29, 0.717) is 18.2 Å². The molecule has 0 aliphatic heterocycles. The molecule has 0 bridgehead atoms. The number of carbonyl (C=O) groups excluding carboxylic acids is 1. The molecule has 0 atom stereocenters. The van der Waals surface area contributed by atoms with Crippen LogP contribution in [0.4, 0.5) is 0 Å². The van der Waals surface area contributed by atoms with Crippen LogP contribution in [0.2, 0.25) is 0 Å². The van der Waals surface area contributed by atoms with Crippen molar-refractivity contribution in [1.82, 2.24) is 15.2 Å². The topological polar surface area (TPSA) is 72.9 Å². The Morgan fingerprint density at radius 3 is 2.79 bits per heavy atom. The molecule has 14 heavy (non-hydrogen) atoms. The Morgan fingerprint density at radius 2 is 2.36 bits per heavy atom. The van der Waals surface area contributed by atoms with E-state index in [1.165, 1.54) is 0 Å². The molecule has 0 spiro atoms. The number of nitrogen functional groups attached to an aromatic ring is 1. The lowest BCUT2D eigenvalue weighted by Crippen LogP contribution is -2.31. The first kappa shape index (κ1) is 10.7. The normalized spacial score (nSPS) is 10.6. The summed E-state index contributed by atoms with van der Waals surface area (Å²) in [6.45, 7) is 6.67. The molecule has 78 valence electrons. The van der Waals surface area contributed by atoms with Gasteiger partial charge >= 0.3 is 0 Å². The number of carbonyl (C=O) groups is 1. The van der Waals surface area contributed by atoms with Crippen molar-refractivity contribution in [3.05, 3.63) is 17.5 Å². The van der Waals surface area contributed by atoms with Gasteiger partial charge in [0, 0.05) is 6.54 Å². The molecule has 0 aliphatic rings. The second kappa shape index (κ2) is 4.23. The molecular formula is C9H16N4O. The first-order valence-corrected chi connectivity index (χ1v) is 4.68. The van der Waals surface area contributed by atoms with Gasteiger partial charge in [0.2, 0.25) is 0 Å². The molecule has 0 aliphatic carbocycles. The molecule has 1 rings (SSSR count). The van der Waals surface area contributed by atoms with Gasteiger partial charge < -0.3 is 0 Å². The van der Waals surface area contributed by atoms with Crippen molar-refractivity contribution in [2.45, 2.75) is 33.2 Å². The van der Waals surface area contributed by atoms with Crippen LogP contribution in [-0.4, -0.2) is 15.7 Å². The van der Waals surface area contributed by atoms with Gasteiger partial charge in [-0.05, 0) is 18.9 Å². The number of hydrogen-bond donors (Lipinski definition) is 2. The third kappa shape index (κ3) is 1.93. The molecule has 0 saturated carbocycles. The average molecular weight is 196 g/mol. The molecule has 0 fully saturated rings. The van der Waals surface area contributed by atoms with E-state index in [0.717, 1.165) is 5.69 Å². The van der Waals surface area contributed by atoms with Crippen molar-refractivity contribution in [3.63, 3.8) is 0 Å². The molecule has 5 heteroatoms. The van der Waals surface area contributed by atoms with Gasteiger partial charge in [-0.15, -0.1) is 0 Å². The van der Waals surface area contributed by atoms with E-state index in [9.17, 15) is 4.79 Å². The zero-order valence-corrected chi connectivity index (χ0v) is 8.74. The number of rotatable bonds is 3. The average Bonchev–Trinajstić information content (AvgIpc) is 2.60. The highest BCUT2D eigenvalue weighted by Gasteiger charge is 2.14. The Hall–Kier alpha value is -1.36. The van der Waals surface area contributed by atoms with Crippen LogP contribution in [0.3, 0.4) is 0 Å². The first-order valence-electron chi connectivity index (χ1n) is 4.68. The summed E-state index contributed by atoms with van der Waals surface area (Å²) in [7, 11) is 0. The smallest absolute Gasteiger partial charge is 0.283 e. The van der Waals surface area contributed by atoms with E-state index in [-0.39, 0.29) is 5.91 Å². The molecular weight excluding hydrogens is 180 g/mol. The van der Waals surface area contributed by atoms with Crippen LogP contribution in [0.15, 0.2) is 6.07 Å². The Balaban J connectivity index is 3.08. The number of hydrogen-bond acceptors (Lipinski definition) is 3. The standard InChI is InChI=1S/C9H16N4O/c1-4-13-8(9(14)11-10)5-7(12-13)6(2)3/h5-6H,4,10H2,1-3H3,(H,11,14). The summed E-state index contributed by atoms with van der Waals surface area (Å²) in [5.74, 6) is 5.08. The van der Waals surface area contributed by atoms with Gasteiger partial charge in [0.15, 0.2) is 0 Å². The molecule has 1 aromatic rings. The van der Waals surface area contributed by atoms with Crippen LogP contribution >= 0.6 is 0 Å². The number of nitrogens with zero attached hydrogens (tertiary/aromatic N) is 2. The third-order valence-electron chi connectivity index (χ3n) is 2.05. The van der Waals surface area contributed by atoms with E-state index in [2.05, 4.69) is 10.5 Å². The van der Waals surface area contributed by atoms with Gasteiger partial charge in [-0.1, -0.05) is 13.8 Å². The monoisotopic (exact) mass is 196 g/mol. The summed E-state index contributed by atoms with van der Waals surface area (Å²) in [4.78, 5) is 11.3. The molecule has 0 saturated heterocycles. The van der Waals surface area contributed by atoms with Gasteiger partial charge in [-0.2, -0.15) is 5.10 Å². The van der Waals surface area contributed by atoms with Crippen molar-refractivity contribution in [2.75, 3.05) is 0 Å². The molecule has 3 N–H and O–H groups in total. The molecule has 0 radical (unpaired) electrons. The maximum atomic E-state index is 11.3. The Morgan fingerprint density at radius 1 is 1.71 bits per heavy atom. The molecule has 0 aromatic carbocycles. The molecule has 1 aromatic heterocycles. The largest absolute Gasteiger partial charge is 0.289 e. The van der Waals surface area contributed by atoms with Gasteiger partial charge in [-0.3, -0.25) is 14.9 Å². The quantitative estimate of drug-likeness (QED) is 0.423. The van der Waals surface area contributed by atoms with E-state index < -0.39 is 0 Å². The van der Waals surface area contributed by atoms with Gasteiger partial charge in [-0.25, -0.2) is 5.84 Å². The Kier molecular flexibility index (Phi) is 3.24. The Bertz CT molecular complexity index is 330. The highest BCUT2D eigenvalue weighted by atomic mass is 16.2. The highest BCUT2D eigenvalue weighted by molar-refractivity contribution is 5.92. The van der Waals surface area contributed by atoms with Crippen molar-refractivity contribution in [2.24, 2.45) is 5.84 Å². The second-order valence-electron chi connectivity index (χ2n) is 3.40. The molecule has 1 heterocycles. The number of hydrazine groups is 1. The van der Waals surface area contributed by atoms with Crippen LogP contribution in [0.1, 0.15) is 42.9 Å². The lowest BCUT2D eigenvalue weighted by molar-refractivity contribution is 0.0943. The van der Waals surface area contributed by atoms with Gasteiger partial charge in [0.25, 0.3) is 5.91 Å². The highest BCUT2D eigenvalue weighted by Crippen LogP contribution is 2.14. The summed E-state index contributed by atoms with van der Waals surface area (Å²) in [6, 6.07) is 1.77. The van der Waals surface area contributed by atoms with E-state index in [1.54, 1.807) is 10.7 Å². The summed E-state index contributed by atoms with van der Waals surface area (Å²) in [5.41, 5.74) is 3.53. The maximum absolute atomic E-state index is 11.3. The number of aromatic nitrogens is 2.